The average Bonchev–Trinajstić information content (AvgIpc) is 2.69. The van der Waals surface area contributed by atoms with E-state index in [4.69, 9.17) is 4.74 Å². The van der Waals surface area contributed by atoms with Gasteiger partial charge in [-0.15, -0.1) is 0 Å². The van der Waals surface area contributed by atoms with Gasteiger partial charge in [0.1, 0.15) is 18.9 Å². The van der Waals surface area contributed by atoms with Crippen molar-refractivity contribution in [3.05, 3.63) is 82.1 Å². The Labute approximate surface area is 163 Å². The van der Waals surface area contributed by atoms with Crippen molar-refractivity contribution in [1.82, 2.24) is 15.1 Å². The molecule has 6 heteroatoms. The van der Waals surface area contributed by atoms with Crippen molar-refractivity contribution in [3.8, 4) is 17.0 Å². The number of rotatable bonds is 7. The van der Waals surface area contributed by atoms with Crippen LogP contribution in [0.4, 0.5) is 0 Å². The van der Waals surface area contributed by atoms with Crippen LogP contribution in [-0.2, 0) is 11.3 Å². The minimum Gasteiger partial charge on any atom is -0.492 e. The number of nitrogens with zero attached hydrogens (tertiary/aromatic N) is 2. The Morgan fingerprint density at radius 3 is 2.29 bits per heavy atom. The molecule has 1 N–H and O–H groups in total. The molecule has 0 aliphatic carbocycles. The Balaban J connectivity index is 1.54. The lowest BCUT2D eigenvalue weighted by atomic mass is 10.1. The number of nitrogens with one attached hydrogen (secondary N) is 1. The van der Waals surface area contributed by atoms with Crippen molar-refractivity contribution in [2.75, 3.05) is 13.2 Å². The van der Waals surface area contributed by atoms with E-state index in [-0.39, 0.29) is 18.0 Å². The molecule has 1 aromatic heterocycles. The summed E-state index contributed by atoms with van der Waals surface area (Å²) in [4.78, 5) is 24.2. The van der Waals surface area contributed by atoms with Gasteiger partial charge in [-0.3, -0.25) is 9.59 Å². The molecule has 0 saturated carbocycles. The van der Waals surface area contributed by atoms with Crippen LogP contribution in [-0.4, -0.2) is 28.8 Å². The van der Waals surface area contributed by atoms with E-state index in [1.54, 1.807) is 6.07 Å². The molecule has 6 nitrogen and oxygen atoms in total. The molecule has 3 aromatic rings. The van der Waals surface area contributed by atoms with Gasteiger partial charge in [0.15, 0.2) is 0 Å². The van der Waals surface area contributed by atoms with E-state index in [0.717, 1.165) is 22.4 Å². The summed E-state index contributed by atoms with van der Waals surface area (Å²) < 4.78 is 6.75. The van der Waals surface area contributed by atoms with Gasteiger partial charge in [0.05, 0.1) is 12.2 Å². The van der Waals surface area contributed by atoms with Crippen LogP contribution in [0.2, 0.25) is 0 Å². The number of hydrogen-bond acceptors (Lipinski definition) is 4. The molecule has 3 rings (SSSR count). The fourth-order valence-corrected chi connectivity index (χ4v) is 2.63. The molecule has 2 aromatic carbocycles. The number of amides is 1. The zero-order valence-electron chi connectivity index (χ0n) is 16.0. The van der Waals surface area contributed by atoms with Gasteiger partial charge in [-0.25, -0.2) is 4.68 Å². The fourth-order valence-electron chi connectivity index (χ4n) is 2.63. The average molecular weight is 377 g/mol. The highest BCUT2D eigenvalue weighted by molar-refractivity contribution is 5.75. The Morgan fingerprint density at radius 2 is 1.61 bits per heavy atom. The summed E-state index contributed by atoms with van der Waals surface area (Å²) in [6.45, 7) is 4.57. The number of aromatic nitrogens is 2. The molecule has 0 fully saturated rings. The van der Waals surface area contributed by atoms with E-state index in [1.807, 2.05) is 62.4 Å². The molecular weight excluding hydrogens is 354 g/mol. The smallest absolute Gasteiger partial charge is 0.267 e. The van der Waals surface area contributed by atoms with E-state index >= 15 is 0 Å². The van der Waals surface area contributed by atoms with Gasteiger partial charge in [-0.1, -0.05) is 47.5 Å². The van der Waals surface area contributed by atoms with E-state index in [2.05, 4.69) is 10.4 Å². The topological polar surface area (TPSA) is 73.2 Å². The van der Waals surface area contributed by atoms with Crippen LogP contribution in [0.25, 0.3) is 11.3 Å². The maximum atomic E-state index is 12.1. The van der Waals surface area contributed by atoms with Crippen LogP contribution in [0, 0.1) is 13.8 Å². The molecule has 0 atom stereocenters. The first-order chi connectivity index (χ1) is 13.5. The number of benzene rings is 2. The van der Waals surface area contributed by atoms with Crippen molar-refractivity contribution in [2.24, 2.45) is 0 Å². The fraction of sp³-hybridized carbons (Fsp3) is 0.227. The summed E-state index contributed by atoms with van der Waals surface area (Å²) in [6, 6.07) is 18.6. The van der Waals surface area contributed by atoms with Crippen LogP contribution in [0.1, 0.15) is 11.1 Å². The quantitative estimate of drug-likeness (QED) is 0.643. The number of hydrogen-bond donors (Lipinski definition) is 1. The second-order valence-corrected chi connectivity index (χ2v) is 6.59. The largest absolute Gasteiger partial charge is 0.492 e. The van der Waals surface area contributed by atoms with Gasteiger partial charge in [-0.2, -0.15) is 5.10 Å². The van der Waals surface area contributed by atoms with Crippen LogP contribution in [0.3, 0.4) is 0 Å². The first kappa shape index (κ1) is 19.4. The van der Waals surface area contributed by atoms with Gasteiger partial charge in [0.2, 0.25) is 5.91 Å². The van der Waals surface area contributed by atoms with Gasteiger partial charge in [0, 0.05) is 11.6 Å². The highest BCUT2D eigenvalue weighted by atomic mass is 16.5. The van der Waals surface area contributed by atoms with Gasteiger partial charge >= 0.3 is 0 Å². The molecule has 0 aliphatic rings. The molecular formula is C22H23N3O3. The van der Waals surface area contributed by atoms with E-state index in [9.17, 15) is 9.59 Å². The minimum absolute atomic E-state index is 0.136. The van der Waals surface area contributed by atoms with Gasteiger partial charge in [-0.05, 0) is 32.0 Å². The van der Waals surface area contributed by atoms with Gasteiger partial charge < -0.3 is 10.1 Å². The zero-order valence-corrected chi connectivity index (χ0v) is 16.0. The highest BCUT2D eigenvalue weighted by Gasteiger charge is 2.08. The minimum atomic E-state index is -0.318. The summed E-state index contributed by atoms with van der Waals surface area (Å²) in [5, 5.41) is 7.05. The predicted octanol–water partition coefficient (Wildman–Crippen LogP) is 2.72. The number of aryl methyl sites for hydroxylation is 2. The highest BCUT2D eigenvalue weighted by Crippen LogP contribution is 2.15. The van der Waals surface area contributed by atoms with Crippen molar-refractivity contribution in [1.29, 1.82) is 0 Å². The Bertz CT molecular complexity index is 993. The number of carbonyl (C=O) groups excluding carboxylic acids is 1. The Morgan fingerprint density at radius 1 is 0.964 bits per heavy atom. The van der Waals surface area contributed by atoms with Crippen molar-refractivity contribution < 1.29 is 9.53 Å². The SMILES string of the molecule is Cc1ccc(OCCNC(=O)Cn2nc(-c3ccc(C)cc3)ccc2=O)cc1. The second kappa shape index (κ2) is 8.99. The van der Waals surface area contributed by atoms with Gasteiger partial charge in [0.25, 0.3) is 5.56 Å². The first-order valence-corrected chi connectivity index (χ1v) is 9.13. The molecule has 0 radical (unpaired) electrons. The van der Waals surface area contributed by atoms with Crippen LogP contribution < -0.4 is 15.6 Å². The number of carbonyl (C=O) groups is 1. The molecule has 0 aliphatic heterocycles. The maximum Gasteiger partial charge on any atom is 0.267 e. The first-order valence-electron chi connectivity index (χ1n) is 9.13. The lowest BCUT2D eigenvalue weighted by Gasteiger charge is -2.09. The molecule has 0 unspecified atom stereocenters. The van der Waals surface area contributed by atoms with E-state index in [1.165, 1.54) is 10.7 Å². The normalized spacial score (nSPS) is 10.5. The standard InChI is InChI=1S/C22H23N3O3/c1-16-3-7-18(8-4-16)20-11-12-22(27)25(24-20)15-21(26)23-13-14-28-19-9-5-17(2)6-10-19/h3-12H,13-15H2,1-2H3,(H,23,26). The third-order valence-corrected chi connectivity index (χ3v) is 4.22. The molecule has 0 bridgehead atoms. The zero-order chi connectivity index (χ0) is 19.9. The Hall–Kier alpha value is -3.41. The molecule has 1 amide bonds. The summed E-state index contributed by atoms with van der Waals surface area (Å²) in [5.41, 5.74) is 3.53. The third-order valence-electron chi connectivity index (χ3n) is 4.22. The predicted molar refractivity (Wildman–Crippen MR) is 108 cm³/mol. The van der Waals surface area contributed by atoms with Crippen LogP contribution >= 0.6 is 0 Å². The monoisotopic (exact) mass is 377 g/mol. The molecule has 1 heterocycles. The summed E-state index contributed by atoms with van der Waals surface area (Å²) >= 11 is 0. The van der Waals surface area contributed by atoms with Crippen molar-refractivity contribution >= 4 is 5.91 Å². The van der Waals surface area contributed by atoms with Crippen molar-refractivity contribution in [3.63, 3.8) is 0 Å². The summed E-state index contributed by atoms with van der Waals surface area (Å²) in [5.74, 6) is 0.465. The number of ether oxygens (including phenoxy) is 1. The molecule has 28 heavy (non-hydrogen) atoms. The lowest BCUT2D eigenvalue weighted by molar-refractivity contribution is -0.122. The Kier molecular flexibility index (Phi) is 6.22. The molecule has 0 spiro atoms. The molecule has 0 saturated heterocycles. The lowest BCUT2D eigenvalue weighted by Crippen LogP contribution is -2.35. The summed E-state index contributed by atoms with van der Waals surface area (Å²) in [7, 11) is 0. The van der Waals surface area contributed by atoms with E-state index < -0.39 is 0 Å². The second-order valence-electron chi connectivity index (χ2n) is 6.59. The van der Waals surface area contributed by atoms with Crippen LogP contribution in [0.15, 0.2) is 65.5 Å². The van der Waals surface area contributed by atoms with Crippen molar-refractivity contribution in [2.45, 2.75) is 20.4 Å². The van der Waals surface area contributed by atoms with Crippen LogP contribution in [0.5, 0.6) is 5.75 Å². The molecule has 144 valence electrons. The van der Waals surface area contributed by atoms with E-state index in [0.29, 0.717) is 18.8 Å². The third kappa shape index (κ3) is 5.30. The maximum absolute atomic E-state index is 12.1. The summed E-state index contributed by atoms with van der Waals surface area (Å²) in [6.07, 6.45) is 0.